The van der Waals surface area contributed by atoms with Crippen LogP contribution in [-0.4, -0.2) is 4.98 Å². The van der Waals surface area contributed by atoms with Crippen LogP contribution in [0, 0.1) is 13.8 Å². The molecule has 0 saturated heterocycles. The molecule has 1 nitrogen and oxygen atoms in total. The molecule has 0 bridgehead atoms. The standard InChI is InChI=1S/C37H29N/c1-26-16-17-27(2)35(22-26)33-15-9-14-32(23-33)28-18-20-29(21-19-28)34-24-36(30-10-5-3-6-11-30)38-37(25-34)31-12-7-4-8-13-31/h3-25H,1-2H3. The van der Waals surface area contributed by atoms with Gasteiger partial charge in [0.15, 0.2) is 0 Å². The van der Waals surface area contributed by atoms with Crippen molar-refractivity contribution in [3.05, 3.63) is 151 Å². The first-order valence-electron chi connectivity index (χ1n) is 13.1. The number of pyridine rings is 1. The zero-order valence-corrected chi connectivity index (χ0v) is 21.7. The molecule has 5 aromatic carbocycles. The summed E-state index contributed by atoms with van der Waals surface area (Å²) in [6.45, 7) is 4.33. The zero-order chi connectivity index (χ0) is 25.9. The molecule has 0 fully saturated rings. The maximum absolute atomic E-state index is 5.02. The van der Waals surface area contributed by atoms with Gasteiger partial charge in [0.1, 0.15) is 0 Å². The van der Waals surface area contributed by atoms with Gasteiger partial charge in [-0.2, -0.15) is 0 Å². The summed E-state index contributed by atoms with van der Waals surface area (Å²) in [7, 11) is 0. The molecule has 6 aromatic rings. The molecular weight excluding hydrogens is 458 g/mol. The van der Waals surface area contributed by atoms with Crippen molar-refractivity contribution in [2.24, 2.45) is 0 Å². The summed E-state index contributed by atoms with van der Waals surface area (Å²) < 4.78 is 0. The molecular formula is C37H29N. The van der Waals surface area contributed by atoms with Gasteiger partial charge in [-0.25, -0.2) is 4.98 Å². The molecule has 0 aliphatic heterocycles. The van der Waals surface area contributed by atoms with Crippen molar-refractivity contribution >= 4 is 0 Å². The molecule has 0 spiro atoms. The SMILES string of the molecule is Cc1ccc(C)c(-c2cccc(-c3ccc(-c4cc(-c5ccccc5)nc(-c5ccccc5)c4)cc3)c2)c1. The third-order valence-corrected chi connectivity index (χ3v) is 7.08. The molecule has 38 heavy (non-hydrogen) atoms. The first-order valence-corrected chi connectivity index (χ1v) is 13.1. The van der Waals surface area contributed by atoms with E-state index in [9.17, 15) is 0 Å². The van der Waals surface area contributed by atoms with Gasteiger partial charge >= 0.3 is 0 Å². The van der Waals surface area contributed by atoms with Crippen LogP contribution in [0.1, 0.15) is 11.1 Å². The van der Waals surface area contributed by atoms with Crippen LogP contribution < -0.4 is 0 Å². The van der Waals surface area contributed by atoms with Crippen LogP contribution in [-0.2, 0) is 0 Å². The highest BCUT2D eigenvalue weighted by atomic mass is 14.7. The second-order valence-electron chi connectivity index (χ2n) is 9.83. The quantitative estimate of drug-likeness (QED) is 0.236. The lowest BCUT2D eigenvalue weighted by molar-refractivity contribution is 1.32. The van der Waals surface area contributed by atoms with Gasteiger partial charge in [-0.3, -0.25) is 0 Å². The Morgan fingerprint density at radius 3 is 1.50 bits per heavy atom. The van der Waals surface area contributed by atoms with E-state index in [1.165, 1.54) is 38.9 Å². The number of nitrogens with zero attached hydrogens (tertiary/aromatic N) is 1. The van der Waals surface area contributed by atoms with Crippen molar-refractivity contribution in [2.45, 2.75) is 13.8 Å². The van der Waals surface area contributed by atoms with Crippen molar-refractivity contribution < 1.29 is 0 Å². The minimum atomic E-state index is 0.979. The summed E-state index contributed by atoms with van der Waals surface area (Å²) in [6.07, 6.45) is 0. The zero-order valence-electron chi connectivity index (χ0n) is 21.7. The fourth-order valence-electron chi connectivity index (χ4n) is 4.98. The van der Waals surface area contributed by atoms with Gasteiger partial charge in [-0.1, -0.05) is 127 Å². The summed E-state index contributed by atoms with van der Waals surface area (Å²) in [6, 6.07) is 49.6. The highest BCUT2D eigenvalue weighted by molar-refractivity contribution is 5.79. The van der Waals surface area contributed by atoms with Crippen LogP contribution in [0.2, 0.25) is 0 Å². The molecule has 0 amide bonds. The molecule has 1 heterocycles. The Hall–Kier alpha value is -4.75. The minimum absolute atomic E-state index is 0.979. The maximum Gasteiger partial charge on any atom is 0.0715 e. The van der Waals surface area contributed by atoms with E-state index >= 15 is 0 Å². The number of aromatic nitrogens is 1. The molecule has 0 saturated carbocycles. The van der Waals surface area contributed by atoms with Gasteiger partial charge in [-0.05, 0) is 71.0 Å². The predicted molar refractivity (Wildman–Crippen MR) is 161 cm³/mol. The van der Waals surface area contributed by atoms with Crippen LogP contribution in [0.3, 0.4) is 0 Å². The molecule has 0 atom stereocenters. The lowest BCUT2D eigenvalue weighted by Gasteiger charge is -2.12. The monoisotopic (exact) mass is 487 g/mol. The van der Waals surface area contributed by atoms with Crippen LogP contribution in [0.25, 0.3) is 55.9 Å². The number of benzene rings is 5. The van der Waals surface area contributed by atoms with E-state index in [4.69, 9.17) is 4.98 Å². The van der Waals surface area contributed by atoms with Crippen LogP contribution >= 0.6 is 0 Å². The van der Waals surface area contributed by atoms with Crippen molar-refractivity contribution in [1.29, 1.82) is 0 Å². The van der Waals surface area contributed by atoms with Crippen molar-refractivity contribution in [2.75, 3.05) is 0 Å². The van der Waals surface area contributed by atoms with E-state index < -0.39 is 0 Å². The Labute approximate surface area is 225 Å². The highest BCUT2D eigenvalue weighted by Gasteiger charge is 2.10. The van der Waals surface area contributed by atoms with E-state index in [-0.39, 0.29) is 0 Å². The Balaban J connectivity index is 1.38. The second-order valence-corrected chi connectivity index (χ2v) is 9.83. The normalized spacial score (nSPS) is 10.9. The van der Waals surface area contributed by atoms with Gasteiger partial charge in [0.25, 0.3) is 0 Å². The molecule has 0 unspecified atom stereocenters. The third-order valence-electron chi connectivity index (χ3n) is 7.08. The largest absolute Gasteiger partial charge is 0.248 e. The lowest BCUT2D eigenvalue weighted by Crippen LogP contribution is -1.91. The topological polar surface area (TPSA) is 12.9 Å². The van der Waals surface area contributed by atoms with Crippen molar-refractivity contribution in [3.8, 4) is 55.9 Å². The number of aryl methyl sites for hydroxylation is 2. The molecule has 182 valence electrons. The number of hydrogen-bond donors (Lipinski definition) is 0. The molecule has 6 rings (SSSR count). The Morgan fingerprint density at radius 1 is 0.368 bits per heavy atom. The molecule has 0 aliphatic carbocycles. The van der Waals surface area contributed by atoms with Crippen LogP contribution in [0.15, 0.2) is 140 Å². The lowest BCUT2D eigenvalue weighted by atomic mass is 9.94. The van der Waals surface area contributed by atoms with Crippen LogP contribution in [0.4, 0.5) is 0 Å². The van der Waals surface area contributed by atoms with Gasteiger partial charge in [0.05, 0.1) is 11.4 Å². The minimum Gasteiger partial charge on any atom is -0.248 e. The van der Waals surface area contributed by atoms with Gasteiger partial charge < -0.3 is 0 Å². The van der Waals surface area contributed by atoms with E-state index in [1.54, 1.807) is 0 Å². The van der Waals surface area contributed by atoms with Crippen molar-refractivity contribution in [1.82, 2.24) is 4.98 Å². The highest BCUT2D eigenvalue weighted by Crippen LogP contribution is 2.33. The third kappa shape index (κ3) is 4.92. The summed E-state index contributed by atoms with van der Waals surface area (Å²) in [5.41, 5.74) is 14.1. The fraction of sp³-hybridized carbons (Fsp3) is 0.0541. The molecule has 1 aromatic heterocycles. The fourth-order valence-corrected chi connectivity index (χ4v) is 4.98. The molecule has 0 radical (unpaired) electrons. The average molecular weight is 488 g/mol. The van der Waals surface area contributed by atoms with Gasteiger partial charge in [0, 0.05) is 11.1 Å². The van der Waals surface area contributed by atoms with Crippen molar-refractivity contribution in [3.63, 3.8) is 0 Å². The summed E-state index contributed by atoms with van der Waals surface area (Å²) in [5, 5.41) is 0. The summed E-state index contributed by atoms with van der Waals surface area (Å²) >= 11 is 0. The first-order chi connectivity index (χ1) is 18.6. The van der Waals surface area contributed by atoms with Crippen LogP contribution in [0.5, 0.6) is 0 Å². The van der Waals surface area contributed by atoms with Gasteiger partial charge in [0.2, 0.25) is 0 Å². The Morgan fingerprint density at radius 2 is 0.895 bits per heavy atom. The number of rotatable bonds is 5. The average Bonchev–Trinajstić information content (AvgIpc) is 2.99. The predicted octanol–water partition coefficient (Wildman–Crippen LogP) is 10.0. The number of hydrogen-bond acceptors (Lipinski definition) is 1. The van der Waals surface area contributed by atoms with Gasteiger partial charge in [-0.15, -0.1) is 0 Å². The molecule has 0 N–H and O–H groups in total. The molecule has 0 aliphatic rings. The molecule has 1 heteroatoms. The maximum atomic E-state index is 5.02. The second kappa shape index (κ2) is 10.3. The Bertz CT molecular complexity index is 1640. The van der Waals surface area contributed by atoms with E-state index in [0.717, 1.165) is 28.1 Å². The first kappa shape index (κ1) is 23.6. The summed E-state index contributed by atoms with van der Waals surface area (Å²) in [4.78, 5) is 5.02. The van der Waals surface area contributed by atoms with E-state index in [1.807, 2.05) is 12.1 Å². The smallest absolute Gasteiger partial charge is 0.0715 e. The summed E-state index contributed by atoms with van der Waals surface area (Å²) in [5.74, 6) is 0. The van der Waals surface area contributed by atoms with E-state index in [2.05, 4.69) is 141 Å². The Kier molecular flexibility index (Phi) is 6.42. The van der Waals surface area contributed by atoms with E-state index in [0.29, 0.717) is 0 Å².